The number of hydrogen-bond acceptors (Lipinski definition) is 4. The van der Waals surface area contributed by atoms with E-state index in [9.17, 15) is 4.79 Å². The number of nitrogens with one attached hydrogen (secondary N) is 1. The Kier molecular flexibility index (Phi) is 6.20. The van der Waals surface area contributed by atoms with E-state index in [0.717, 1.165) is 38.7 Å². The highest BCUT2D eigenvalue weighted by Crippen LogP contribution is 2.34. The van der Waals surface area contributed by atoms with Crippen molar-refractivity contribution in [2.24, 2.45) is 0 Å². The third-order valence-corrected chi connectivity index (χ3v) is 4.62. The second-order valence-corrected chi connectivity index (χ2v) is 6.62. The highest BCUT2D eigenvalue weighted by atomic mass is 35.5. The molecule has 0 saturated heterocycles. The summed E-state index contributed by atoms with van der Waals surface area (Å²) >= 11 is 0. The van der Waals surface area contributed by atoms with Crippen molar-refractivity contribution in [3.05, 3.63) is 72.3 Å². The first kappa shape index (κ1) is 20.4. The van der Waals surface area contributed by atoms with Crippen molar-refractivity contribution in [2.45, 2.75) is 13.3 Å². The summed E-state index contributed by atoms with van der Waals surface area (Å²) in [6, 6.07) is 21.8. The van der Waals surface area contributed by atoms with Crippen molar-refractivity contribution in [2.75, 3.05) is 11.9 Å². The highest BCUT2D eigenvalue weighted by Gasteiger charge is 2.10. The number of aliphatic carboxylic acids is 1. The van der Waals surface area contributed by atoms with E-state index in [4.69, 9.17) is 14.8 Å². The molecule has 0 saturated carbocycles. The Morgan fingerprint density at radius 2 is 1.72 bits per heavy atom. The number of ether oxygens (including phenoxy) is 1. The van der Waals surface area contributed by atoms with Gasteiger partial charge in [0.1, 0.15) is 5.75 Å². The van der Waals surface area contributed by atoms with Crippen molar-refractivity contribution in [1.29, 1.82) is 0 Å². The van der Waals surface area contributed by atoms with Crippen LogP contribution in [0.2, 0.25) is 0 Å². The number of rotatable bonds is 6. The fourth-order valence-corrected chi connectivity index (χ4v) is 3.23. The van der Waals surface area contributed by atoms with Gasteiger partial charge in [0.25, 0.3) is 0 Å². The maximum atomic E-state index is 10.6. The Morgan fingerprint density at radius 3 is 2.48 bits per heavy atom. The van der Waals surface area contributed by atoms with Crippen LogP contribution in [0, 0.1) is 6.92 Å². The Balaban J connectivity index is 0.00000240. The van der Waals surface area contributed by atoms with Gasteiger partial charge in [-0.05, 0) is 42.8 Å². The number of nitrogens with zero attached hydrogens (tertiary/aromatic N) is 1. The molecule has 0 amide bonds. The Bertz CT molecular complexity index is 1160. The summed E-state index contributed by atoms with van der Waals surface area (Å²) in [4.78, 5) is 15.4. The van der Waals surface area contributed by atoms with Crippen LogP contribution in [0.25, 0.3) is 21.8 Å². The van der Waals surface area contributed by atoms with Gasteiger partial charge < -0.3 is 15.2 Å². The van der Waals surface area contributed by atoms with E-state index in [2.05, 4.69) is 30.4 Å². The summed E-state index contributed by atoms with van der Waals surface area (Å²) in [5.74, 6) is -0.225. The highest BCUT2D eigenvalue weighted by molar-refractivity contribution is 6.09. The second kappa shape index (κ2) is 8.80. The molecule has 0 fully saturated rings. The van der Waals surface area contributed by atoms with Crippen molar-refractivity contribution in [3.8, 4) is 5.75 Å². The van der Waals surface area contributed by atoms with Crippen LogP contribution < -0.4 is 10.1 Å². The van der Waals surface area contributed by atoms with Crippen molar-refractivity contribution in [3.63, 3.8) is 0 Å². The number of carbonyl (C=O) groups is 1. The molecule has 0 radical (unpaired) electrons. The van der Waals surface area contributed by atoms with Crippen LogP contribution in [-0.2, 0) is 4.79 Å². The van der Waals surface area contributed by atoms with Gasteiger partial charge in [0.05, 0.1) is 29.7 Å². The Hall–Kier alpha value is -3.31. The van der Waals surface area contributed by atoms with Gasteiger partial charge in [-0.1, -0.05) is 36.4 Å². The van der Waals surface area contributed by atoms with Gasteiger partial charge in [-0.3, -0.25) is 4.79 Å². The molecule has 0 unspecified atom stereocenters. The molecule has 4 rings (SSSR count). The summed E-state index contributed by atoms with van der Waals surface area (Å²) in [6.45, 7) is 2.22. The molecule has 2 N–H and O–H groups in total. The molecule has 0 spiro atoms. The van der Waals surface area contributed by atoms with E-state index in [1.807, 2.05) is 48.5 Å². The largest absolute Gasteiger partial charge is 0.493 e. The maximum absolute atomic E-state index is 10.6. The number of hydrogen-bond donors (Lipinski definition) is 2. The molecule has 148 valence electrons. The first-order valence-corrected chi connectivity index (χ1v) is 9.11. The fourth-order valence-electron chi connectivity index (χ4n) is 3.23. The minimum atomic E-state index is -0.870. The molecule has 0 bridgehead atoms. The SMILES string of the molecule is Cc1cccc2c(Nc3ccc(OCCC(=O)O)cc3)c3ccccc3nc12.Cl. The number of aryl methyl sites for hydroxylation is 1. The van der Waals surface area contributed by atoms with E-state index >= 15 is 0 Å². The molecule has 0 aliphatic heterocycles. The third-order valence-electron chi connectivity index (χ3n) is 4.62. The van der Waals surface area contributed by atoms with Gasteiger partial charge in [-0.15, -0.1) is 12.4 Å². The lowest BCUT2D eigenvalue weighted by molar-refractivity contribution is -0.137. The lowest BCUT2D eigenvalue weighted by Crippen LogP contribution is -2.04. The molecule has 5 nitrogen and oxygen atoms in total. The van der Waals surface area contributed by atoms with Gasteiger partial charge in [0.15, 0.2) is 0 Å². The standard InChI is InChI=1S/C23H20N2O3.ClH/c1-15-5-4-7-19-22(15)25-20-8-3-2-6-18(20)23(19)24-16-9-11-17(12-10-16)28-14-13-21(26)27;/h2-12H,13-14H2,1H3,(H,24,25)(H,26,27);1H. The molecule has 0 atom stereocenters. The van der Waals surface area contributed by atoms with Crippen LogP contribution in [0.4, 0.5) is 11.4 Å². The smallest absolute Gasteiger partial charge is 0.306 e. The molecule has 0 aliphatic rings. The molecular weight excluding hydrogens is 388 g/mol. The van der Waals surface area contributed by atoms with Crippen LogP contribution in [0.15, 0.2) is 66.7 Å². The lowest BCUT2D eigenvalue weighted by atomic mass is 10.0. The monoisotopic (exact) mass is 408 g/mol. The van der Waals surface area contributed by atoms with Crippen LogP contribution in [-0.4, -0.2) is 22.7 Å². The third kappa shape index (κ3) is 4.41. The number of halogens is 1. The summed E-state index contributed by atoms with van der Waals surface area (Å²) in [6.07, 6.45) is -0.0195. The van der Waals surface area contributed by atoms with E-state index in [1.165, 1.54) is 0 Å². The number of benzene rings is 3. The van der Waals surface area contributed by atoms with Crippen molar-refractivity contribution in [1.82, 2.24) is 4.98 Å². The summed E-state index contributed by atoms with van der Waals surface area (Å²) in [5, 5.41) is 14.4. The van der Waals surface area contributed by atoms with Gasteiger partial charge in [0.2, 0.25) is 0 Å². The molecule has 3 aromatic carbocycles. The minimum absolute atomic E-state index is 0. The van der Waals surface area contributed by atoms with E-state index in [-0.39, 0.29) is 25.4 Å². The number of fused-ring (bicyclic) bond motifs is 2. The molecule has 6 heteroatoms. The molecule has 29 heavy (non-hydrogen) atoms. The van der Waals surface area contributed by atoms with Crippen LogP contribution in [0.1, 0.15) is 12.0 Å². The quantitative estimate of drug-likeness (QED) is 0.399. The molecule has 1 aromatic heterocycles. The van der Waals surface area contributed by atoms with Gasteiger partial charge >= 0.3 is 5.97 Å². The van der Waals surface area contributed by atoms with Crippen molar-refractivity contribution < 1.29 is 14.6 Å². The zero-order valence-electron chi connectivity index (χ0n) is 15.9. The fraction of sp³-hybridized carbons (Fsp3) is 0.130. The molecule has 4 aromatic rings. The minimum Gasteiger partial charge on any atom is -0.493 e. The van der Waals surface area contributed by atoms with Gasteiger partial charge in [0, 0.05) is 16.5 Å². The first-order chi connectivity index (χ1) is 13.6. The van der Waals surface area contributed by atoms with E-state index < -0.39 is 5.97 Å². The lowest BCUT2D eigenvalue weighted by Gasteiger charge is -2.15. The number of pyridine rings is 1. The normalized spacial score (nSPS) is 10.5. The number of para-hydroxylation sites is 2. The zero-order chi connectivity index (χ0) is 19.5. The predicted octanol–water partition coefficient (Wildman–Crippen LogP) is 5.72. The maximum Gasteiger partial charge on any atom is 0.306 e. The first-order valence-electron chi connectivity index (χ1n) is 9.11. The summed E-state index contributed by atoms with van der Waals surface area (Å²) in [5.41, 5.74) is 5.00. The van der Waals surface area contributed by atoms with E-state index in [0.29, 0.717) is 5.75 Å². The predicted molar refractivity (Wildman–Crippen MR) is 119 cm³/mol. The van der Waals surface area contributed by atoms with Crippen LogP contribution in [0.3, 0.4) is 0 Å². The van der Waals surface area contributed by atoms with Crippen LogP contribution >= 0.6 is 12.4 Å². The van der Waals surface area contributed by atoms with Crippen LogP contribution in [0.5, 0.6) is 5.75 Å². The molecule has 0 aliphatic carbocycles. The van der Waals surface area contributed by atoms with E-state index in [1.54, 1.807) is 0 Å². The number of carboxylic acid groups (broad SMARTS) is 1. The van der Waals surface area contributed by atoms with Crippen molar-refractivity contribution >= 4 is 51.6 Å². The topological polar surface area (TPSA) is 71.5 Å². The number of aromatic nitrogens is 1. The Morgan fingerprint density at radius 1 is 1.00 bits per heavy atom. The average Bonchev–Trinajstić information content (AvgIpc) is 2.69. The van der Waals surface area contributed by atoms with Gasteiger partial charge in [-0.25, -0.2) is 4.98 Å². The molecule has 1 heterocycles. The van der Waals surface area contributed by atoms with Gasteiger partial charge in [-0.2, -0.15) is 0 Å². The summed E-state index contributed by atoms with van der Waals surface area (Å²) < 4.78 is 5.46. The average molecular weight is 409 g/mol. The second-order valence-electron chi connectivity index (χ2n) is 6.62. The molecular formula is C23H21ClN2O3. The number of carboxylic acids is 1. The Labute approximate surface area is 174 Å². The zero-order valence-corrected chi connectivity index (χ0v) is 16.7. The number of anilines is 2. The summed E-state index contributed by atoms with van der Waals surface area (Å²) in [7, 11) is 0.